The van der Waals surface area contributed by atoms with Crippen LogP contribution in [0, 0.1) is 11.6 Å². The number of nitrogens with zero attached hydrogens (tertiary/aromatic N) is 4. The fourth-order valence-corrected chi connectivity index (χ4v) is 3.32. The lowest BCUT2D eigenvalue weighted by Gasteiger charge is -2.13. The second-order valence-electron chi connectivity index (χ2n) is 5.66. The SMILES string of the molecule is CCn1c(S[C@@H](C)C(=O)Nc2ccc(F)c(F)c2)nnc1-c1ccncc1. The number of carbonyl (C=O) groups excluding carboxylic acids is 1. The smallest absolute Gasteiger partial charge is 0.237 e. The van der Waals surface area contributed by atoms with Crippen LogP contribution in [0.15, 0.2) is 47.9 Å². The molecular weight excluding hydrogens is 372 g/mol. The molecule has 27 heavy (non-hydrogen) atoms. The van der Waals surface area contributed by atoms with Gasteiger partial charge in [-0.2, -0.15) is 0 Å². The van der Waals surface area contributed by atoms with Crippen molar-refractivity contribution in [3.63, 3.8) is 0 Å². The van der Waals surface area contributed by atoms with Crippen LogP contribution in [0.2, 0.25) is 0 Å². The fourth-order valence-electron chi connectivity index (χ4n) is 2.40. The van der Waals surface area contributed by atoms with Gasteiger partial charge in [0.2, 0.25) is 5.91 Å². The Morgan fingerprint density at radius 2 is 1.93 bits per heavy atom. The van der Waals surface area contributed by atoms with Crippen molar-refractivity contribution in [2.75, 3.05) is 5.32 Å². The van der Waals surface area contributed by atoms with E-state index in [-0.39, 0.29) is 11.6 Å². The van der Waals surface area contributed by atoms with Crippen LogP contribution in [0.25, 0.3) is 11.4 Å². The molecule has 1 aromatic carbocycles. The number of anilines is 1. The molecule has 0 unspecified atom stereocenters. The molecule has 0 saturated carbocycles. The lowest BCUT2D eigenvalue weighted by Crippen LogP contribution is -2.23. The maximum atomic E-state index is 13.3. The van der Waals surface area contributed by atoms with Crippen molar-refractivity contribution in [1.82, 2.24) is 19.7 Å². The Morgan fingerprint density at radius 1 is 1.19 bits per heavy atom. The molecule has 1 atom stereocenters. The number of pyridine rings is 1. The van der Waals surface area contributed by atoms with E-state index < -0.39 is 16.9 Å². The molecule has 140 valence electrons. The second kappa shape index (κ2) is 8.26. The Morgan fingerprint density at radius 3 is 2.59 bits per heavy atom. The fraction of sp³-hybridized carbons (Fsp3) is 0.222. The van der Waals surface area contributed by atoms with Crippen LogP contribution >= 0.6 is 11.8 Å². The molecule has 0 spiro atoms. The zero-order valence-electron chi connectivity index (χ0n) is 14.7. The van der Waals surface area contributed by atoms with E-state index in [1.54, 1.807) is 19.3 Å². The topological polar surface area (TPSA) is 72.7 Å². The van der Waals surface area contributed by atoms with Gasteiger partial charge in [0.15, 0.2) is 22.6 Å². The first-order valence-electron chi connectivity index (χ1n) is 8.25. The quantitative estimate of drug-likeness (QED) is 0.650. The van der Waals surface area contributed by atoms with E-state index in [0.29, 0.717) is 17.5 Å². The van der Waals surface area contributed by atoms with E-state index in [4.69, 9.17) is 0 Å². The molecule has 0 aliphatic rings. The third-order valence-electron chi connectivity index (χ3n) is 3.81. The first-order valence-corrected chi connectivity index (χ1v) is 9.13. The van der Waals surface area contributed by atoms with Crippen LogP contribution in [0.3, 0.4) is 0 Å². The monoisotopic (exact) mass is 389 g/mol. The van der Waals surface area contributed by atoms with Crippen LogP contribution in [-0.4, -0.2) is 30.9 Å². The van der Waals surface area contributed by atoms with E-state index >= 15 is 0 Å². The average Bonchev–Trinajstić information content (AvgIpc) is 3.08. The highest BCUT2D eigenvalue weighted by molar-refractivity contribution is 8.00. The number of aromatic nitrogens is 4. The molecule has 6 nitrogen and oxygen atoms in total. The van der Waals surface area contributed by atoms with Gasteiger partial charge in [-0.1, -0.05) is 11.8 Å². The number of carbonyl (C=O) groups is 1. The zero-order valence-corrected chi connectivity index (χ0v) is 15.5. The Labute approximate surface area is 159 Å². The predicted octanol–water partition coefficient (Wildman–Crippen LogP) is 3.76. The summed E-state index contributed by atoms with van der Waals surface area (Å²) in [5.74, 6) is -1.63. The van der Waals surface area contributed by atoms with Gasteiger partial charge in [-0.05, 0) is 38.1 Å². The van der Waals surface area contributed by atoms with Gasteiger partial charge in [0.05, 0.1) is 5.25 Å². The Kier molecular flexibility index (Phi) is 5.80. The molecule has 3 aromatic rings. The maximum absolute atomic E-state index is 13.3. The summed E-state index contributed by atoms with van der Waals surface area (Å²) >= 11 is 1.24. The van der Waals surface area contributed by atoms with Crippen molar-refractivity contribution in [1.29, 1.82) is 0 Å². The van der Waals surface area contributed by atoms with Gasteiger partial charge in [0.1, 0.15) is 0 Å². The minimum atomic E-state index is -1.01. The predicted molar refractivity (Wildman–Crippen MR) is 99.2 cm³/mol. The van der Waals surface area contributed by atoms with Gasteiger partial charge in [-0.3, -0.25) is 9.78 Å². The number of halogens is 2. The Bertz CT molecular complexity index is 948. The van der Waals surface area contributed by atoms with Gasteiger partial charge >= 0.3 is 0 Å². The minimum absolute atomic E-state index is 0.195. The molecule has 0 bridgehead atoms. The third kappa shape index (κ3) is 4.30. The Hall–Kier alpha value is -2.81. The summed E-state index contributed by atoms with van der Waals surface area (Å²) in [4.78, 5) is 16.4. The Balaban J connectivity index is 1.73. The van der Waals surface area contributed by atoms with E-state index in [9.17, 15) is 13.6 Å². The lowest BCUT2D eigenvalue weighted by atomic mass is 10.2. The van der Waals surface area contributed by atoms with Crippen LogP contribution in [0.5, 0.6) is 0 Å². The summed E-state index contributed by atoms with van der Waals surface area (Å²) in [7, 11) is 0. The average molecular weight is 389 g/mol. The zero-order chi connectivity index (χ0) is 19.4. The number of nitrogens with one attached hydrogen (secondary N) is 1. The molecule has 0 radical (unpaired) electrons. The molecule has 3 rings (SSSR count). The number of thioether (sulfide) groups is 1. The lowest BCUT2D eigenvalue weighted by molar-refractivity contribution is -0.115. The highest BCUT2D eigenvalue weighted by atomic mass is 32.2. The number of amides is 1. The molecule has 0 fully saturated rings. The van der Waals surface area contributed by atoms with Gasteiger partial charge < -0.3 is 9.88 Å². The summed E-state index contributed by atoms with van der Waals surface area (Å²) in [6.07, 6.45) is 3.35. The van der Waals surface area contributed by atoms with E-state index in [1.807, 2.05) is 23.6 Å². The summed E-state index contributed by atoms with van der Waals surface area (Å²) in [5.41, 5.74) is 1.07. The summed E-state index contributed by atoms with van der Waals surface area (Å²) in [5, 5.41) is 11.1. The summed E-state index contributed by atoms with van der Waals surface area (Å²) < 4.78 is 28.2. The summed E-state index contributed by atoms with van der Waals surface area (Å²) in [6.45, 7) is 4.30. The largest absolute Gasteiger partial charge is 0.325 e. The number of hydrogen-bond acceptors (Lipinski definition) is 5. The highest BCUT2D eigenvalue weighted by Crippen LogP contribution is 2.27. The number of benzene rings is 1. The van der Waals surface area contributed by atoms with Crippen molar-refractivity contribution in [3.05, 3.63) is 54.4 Å². The van der Waals surface area contributed by atoms with Crippen molar-refractivity contribution in [3.8, 4) is 11.4 Å². The molecule has 2 heterocycles. The molecule has 1 amide bonds. The van der Waals surface area contributed by atoms with Gasteiger partial charge in [0, 0.05) is 36.3 Å². The van der Waals surface area contributed by atoms with Crippen molar-refractivity contribution in [2.45, 2.75) is 30.8 Å². The third-order valence-corrected chi connectivity index (χ3v) is 4.89. The minimum Gasteiger partial charge on any atom is -0.325 e. The molecule has 0 aliphatic heterocycles. The standard InChI is InChI=1S/C18H17F2N5OS/c1-3-25-16(12-6-8-21-9-7-12)23-24-18(25)27-11(2)17(26)22-13-4-5-14(19)15(20)10-13/h4-11H,3H2,1-2H3,(H,22,26)/t11-/m0/s1. The van der Waals surface area contributed by atoms with Gasteiger partial charge in [-0.25, -0.2) is 8.78 Å². The van der Waals surface area contributed by atoms with Crippen molar-refractivity contribution < 1.29 is 13.6 Å². The van der Waals surface area contributed by atoms with Crippen molar-refractivity contribution in [2.24, 2.45) is 0 Å². The summed E-state index contributed by atoms with van der Waals surface area (Å²) in [6, 6.07) is 6.90. The normalized spacial score (nSPS) is 12.0. The van der Waals surface area contributed by atoms with E-state index in [1.165, 1.54) is 17.8 Å². The van der Waals surface area contributed by atoms with E-state index in [0.717, 1.165) is 17.7 Å². The second-order valence-corrected chi connectivity index (χ2v) is 6.97. The van der Waals surface area contributed by atoms with Gasteiger partial charge in [0.25, 0.3) is 0 Å². The van der Waals surface area contributed by atoms with Crippen LogP contribution < -0.4 is 5.32 Å². The first-order chi connectivity index (χ1) is 13.0. The highest BCUT2D eigenvalue weighted by Gasteiger charge is 2.20. The van der Waals surface area contributed by atoms with Crippen LogP contribution in [-0.2, 0) is 11.3 Å². The molecule has 9 heteroatoms. The molecule has 1 N–H and O–H groups in total. The van der Waals surface area contributed by atoms with Crippen molar-refractivity contribution >= 4 is 23.4 Å². The van der Waals surface area contributed by atoms with Crippen LogP contribution in [0.4, 0.5) is 14.5 Å². The molecule has 2 aromatic heterocycles. The first kappa shape index (κ1) is 19.0. The molecule has 0 aliphatic carbocycles. The number of hydrogen-bond donors (Lipinski definition) is 1. The number of rotatable bonds is 6. The van der Waals surface area contributed by atoms with Gasteiger partial charge in [-0.15, -0.1) is 10.2 Å². The molecular formula is C18H17F2N5OS. The maximum Gasteiger partial charge on any atom is 0.237 e. The van der Waals surface area contributed by atoms with Crippen LogP contribution in [0.1, 0.15) is 13.8 Å². The molecule has 0 saturated heterocycles. The van der Waals surface area contributed by atoms with E-state index in [2.05, 4.69) is 20.5 Å².